The molecule has 1 aromatic heterocycles. The Morgan fingerprint density at radius 1 is 1.53 bits per heavy atom. The number of nitriles is 1. The van der Waals surface area contributed by atoms with Gasteiger partial charge in [-0.2, -0.15) is 5.26 Å². The summed E-state index contributed by atoms with van der Waals surface area (Å²) in [5.74, 6) is 0.560. The first-order valence-electron chi connectivity index (χ1n) is 5.01. The van der Waals surface area contributed by atoms with Crippen LogP contribution < -0.4 is 11.4 Å². The third kappa shape index (κ3) is 2.84. The van der Waals surface area contributed by atoms with Gasteiger partial charge in [0.05, 0.1) is 5.69 Å². The lowest BCUT2D eigenvalue weighted by molar-refractivity contribution is 0.450. The summed E-state index contributed by atoms with van der Waals surface area (Å²) in [6.45, 7) is 2.10. The van der Waals surface area contributed by atoms with Crippen LogP contribution in [0.25, 0.3) is 0 Å². The molecule has 0 aliphatic rings. The highest BCUT2D eigenvalue weighted by Crippen LogP contribution is 2.11. The molecule has 0 atom stereocenters. The van der Waals surface area contributed by atoms with Gasteiger partial charge in [-0.25, -0.2) is 4.79 Å². The van der Waals surface area contributed by atoms with Crippen LogP contribution in [0.15, 0.2) is 15.3 Å². The minimum absolute atomic E-state index is 0.103. The Bertz CT molecular complexity index is 429. The van der Waals surface area contributed by atoms with Crippen LogP contribution in [0.4, 0.5) is 5.69 Å². The molecule has 1 aromatic rings. The van der Waals surface area contributed by atoms with Crippen LogP contribution in [0.5, 0.6) is 0 Å². The molecule has 0 saturated heterocycles. The highest BCUT2D eigenvalue weighted by Gasteiger charge is 2.08. The lowest BCUT2D eigenvalue weighted by atomic mass is 10.1. The highest BCUT2D eigenvalue weighted by atomic mass is 16.4. The maximum absolute atomic E-state index is 11.3. The van der Waals surface area contributed by atoms with E-state index >= 15 is 0 Å². The fourth-order valence-corrected chi connectivity index (χ4v) is 1.35. The largest absolute Gasteiger partial charge is 0.427 e. The molecule has 15 heavy (non-hydrogen) atoms. The molecule has 0 bridgehead atoms. The van der Waals surface area contributed by atoms with Gasteiger partial charge in [-0.3, -0.25) is 0 Å². The normalized spacial score (nSPS) is 9.87. The van der Waals surface area contributed by atoms with Crippen molar-refractivity contribution in [3.63, 3.8) is 0 Å². The summed E-state index contributed by atoms with van der Waals surface area (Å²) < 4.78 is 4.97. The summed E-state index contributed by atoms with van der Waals surface area (Å²) in [5, 5.41) is 8.61. The van der Waals surface area contributed by atoms with Crippen LogP contribution in [0, 0.1) is 11.3 Å². The van der Waals surface area contributed by atoms with Crippen molar-refractivity contribution >= 4 is 5.69 Å². The topological polar surface area (TPSA) is 80.0 Å². The van der Waals surface area contributed by atoms with Crippen LogP contribution in [-0.2, 0) is 6.42 Å². The van der Waals surface area contributed by atoms with Crippen molar-refractivity contribution in [1.82, 2.24) is 0 Å². The van der Waals surface area contributed by atoms with Crippen molar-refractivity contribution in [3.8, 4) is 6.07 Å². The van der Waals surface area contributed by atoms with Crippen LogP contribution in [0.1, 0.15) is 37.5 Å². The number of rotatable bonds is 4. The van der Waals surface area contributed by atoms with E-state index in [9.17, 15) is 4.79 Å². The van der Waals surface area contributed by atoms with Gasteiger partial charge in [-0.1, -0.05) is 19.8 Å². The molecule has 2 N–H and O–H groups in total. The van der Waals surface area contributed by atoms with Gasteiger partial charge in [-0.15, -0.1) is 0 Å². The van der Waals surface area contributed by atoms with Gasteiger partial charge in [0, 0.05) is 12.5 Å². The van der Waals surface area contributed by atoms with E-state index in [1.807, 2.05) is 0 Å². The Hall–Kier alpha value is -1.76. The summed E-state index contributed by atoms with van der Waals surface area (Å²) in [6.07, 6.45) is 3.85. The molecule has 0 aliphatic heterocycles. The first-order chi connectivity index (χ1) is 7.19. The van der Waals surface area contributed by atoms with Crippen LogP contribution in [-0.4, -0.2) is 0 Å². The van der Waals surface area contributed by atoms with E-state index in [4.69, 9.17) is 15.4 Å². The molecule has 4 nitrogen and oxygen atoms in total. The maximum Gasteiger partial charge on any atom is 0.356 e. The number of hydrogen-bond donors (Lipinski definition) is 1. The van der Waals surface area contributed by atoms with E-state index in [1.165, 1.54) is 0 Å². The molecule has 0 spiro atoms. The highest BCUT2D eigenvalue weighted by molar-refractivity contribution is 5.52. The number of nitrogen functional groups attached to an aromatic ring is 1. The van der Waals surface area contributed by atoms with E-state index in [0.29, 0.717) is 12.2 Å². The molecule has 1 heterocycles. The number of nitrogens with two attached hydrogens (primary N) is 1. The van der Waals surface area contributed by atoms with Crippen molar-refractivity contribution in [2.75, 3.05) is 5.73 Å². The van der Waals surface area contributed by atoms with Crippen LogP contribution >= 0.6 is 0 Å². The summed E-state index contributed by atoms with van der Waals surface area (Å²) in [6, 6.07) is 3.29. The van der Waals surface area contributed by atoms with Crippen molar-refractivity contribution in [1.29, 1.82) is 5.26 Å². The molecule has 0 saturated carbocycles. The second-order valence-corrected chi connectivity index (χ2v) is 3.40. The molecular formula is C11H14N2O2. The Kier molecular flexibility index (Phi) is 3.92. The molecule has 0 unspecified atom stereocenters. The van der Waals surface area contributed by atoms with Gasteiger partial charge in [0.2, 0.25) is 0 Å². The van der Waals surface area contributed by atoms with Crippen LogP contribution in [0.3, 0.4) is 0 Å². The second-order valence-electron chi connectivity index (χ2n) is 3.40. The maximum atomic E-state index is 11.3. The molecule has 0 aliphatic carbocycles. The minimum atomic E-state index is -0.635. The van der Waals surface area contributed by atoms with Gasteiger partial charge in [0.15, 0.2) is 5.56 Å². The predicted octanol–water partition coefficient (Wildman–Crippen LogP) is 1.83. The van der Waals surface area contributed by atoms with Crippen LogP contribution in [0.2, 0.25) is 0 Å². The quantitative estimate of drug-likeness (QED) is 0.762. The molecular weight excluding hydrogens is 192 g/mol. The summed E-state index contributed by atoms with van der Waals surface area (Å²) in [7, 11) is 0. The minimum Gasteiger partial charge on any atom is -0.427 e. The van der Waals surface area contributed by atoms with Crippen molar-refractivity contribution < 1.29 is 4.42 Å². The van der Waals surface area contributed by atoms with Gasteiger partial charge < -0.3 is 10.2 Å². The first-order valence-corrected chi connectivity index (χ1v) is 5.01. The number of hydrogen-bond acceptors (Lipinski definition) is 4. The molecule has 0 amide bonds. The third-order valence-corrected chi connectivity index (χ3v) is 2.17. The fourth-order valence-electron chi connectivity index (χ4n) is 1.35. The number of aryl methyl sites for hydroxylation is 1. The van der Waals surface area contributed by atoms with Gasteiger partial charge >= 0.3 is 5.63 Å². The molecule has 0 radical (unpaired) electrons. The predicted molar refractivity (Wildman–Crippen MR) is 57.3 cm³/mol. The lowest BCUT2D eigenvalue weighted by Crippen LogP contribution is -2.09. The van der Waals surface area contributed by atoms with Gasteiger partial charge in [-0.05, 0) is 6.42 Å². The summed E-state index contributed by atoms with van der Waals surface area (Å²) in [4.78, 5) is 11.3. The first kappa shape index (κ1) is 11.3. The number of nitrogens with zero attached hydrogens (tertiary/aromatic N) is 1. The number of unbranched alkanes of at least 4 members (excludes halogenated alkanes) is 2. The van der Waals surface area contributed by atoms with E-state index in [2.05, 4.69) is 6.92 Å². The smallest absolute Gasteiger partial charge is 0.356 e. The number of anilines is 1. The average molecular weight is 206 g/mol. The molecule has 0 aromatic carbocycles. The molecule has 1 rings (SSSR count). The third-order valence-electron chi connectivity index (χ3n) is 2.17. The zero-order valence-corrected chi connectivity index (χ0v) is 8.75. The summed E-state index contributed by atoms with van der Waals surface area (Å²) in [5.41, 5.74) is 5.03. The SMILES string of the molecule is CCCCCc1cc(N)c(C#N)c(=O)o1. The Morgan fingerprint density at radius 3 is 2.80 bits per heavy atom. The zero-order chi connectivity index (χ0) is 11.3. The zero-order valence-electron chi connectivity index (χ0n) is 8.75. The Balaban J connectivity index is 2.86. The van der Waals surface area contributed by atoms with E-state index in [1.54, 1.807) is 12.1 Å². The summed E-state index contributed by atoms with van der Waals surface area (Å²) >= 11 is 0. The van der Waals surface area contributed by atoms with Crippen molar-refractivity contribution in [3.05, 3.63) is 27.8 Å². The van der Waals surface area contributed by atoms with E-state index in [0.717, 1.165) is 19.3 Å². The Labute approximate surface area is 88.3 Å². The Morgan fingerprint density at radius 2 is 2.27 bits per heavy atom. The van der Waals surface area contributed by atoms with Gasteiger partial charge in [0.1, 0.15) is 11.8 Å². The molecule has 80 valence electrons. The molecule has 4 heteroatoms. The lowest BCUT2D eigenvalue weighted by Gasteiger charge is -2.01. The van der Waals surface area contributed by atoms with Crippen molar-refractivity contribution in [2.24, 2.45) is 0 Å². The second kappa shape index (κ2) is 5.20. The van der Waals surface area contributed by atoms with E-state index in [-0.39, 0.29) is 11.3 Å². The average Bonchev–Trinajstić information content (AvgIpc) is 2.18. The van der Waals surface area contributed by atoms with Crippen molar-refractivity contribution in [2.45, 2.75) is 32.6 Å². The standard InChI is InChI=1S/C11H14N2O2/c1-2-3-4-5-8-6-10(13)9(7-12)11(14)15-8/h6H,2-5,13H2,1H3. The molecule has 0 fully saturated rings. The van der Waals surface area contributed by atoms with Gasteiger partial charge in [0.25, 0.3) is 0 Å². The van der Waals surface area contributed by atoms with E-state index < -0.39 is 5.63 Å². The monoisotopic (exact) mass is 206 g/mol. The fraction of sp³-hybridized carbons (Fsp3) is 0.455.